The average Bonchev–Trinajstić information content (AvgIpc) is 3.04. The molecule has 2 atom stereocenters. The highest BCUT2D eigenvalue weighted by molar-refractivity contribution is 5.75. The first-order valence-electron chi connectivity index (χ1n) is 7.99. The van der Waals surface area contributed by atoms with Crippen LogP contribution in [-0.2, 0) is 7.05 Å². The molecular formula is C18H23N5O2. The number of amides is 2. The van der Waals surface area contributed by atoms with E-state index in [-0.39, 0.29) is 11.9 Å². The normalized spacial score (nSPS) is 12.8. The number of nitrogens with one attached hydrogen (secondary N) is 1. The lowest BCUT2D eigenvalue weighted by Gasteiger charge is -2.25. The Hall–Kier alpha value is -3.01. The van der Waals surface area contributed by atoms with Gasteiger partial charge >= 0.3 is 6.03 Å². The molecule has 7 nitrogen and oxygen atoms in total. The van der Waals surface area contributed by atoms with E-state index in [0.29, 0.717) is 18.1 Å². The fourth-order valence-corrected chi connectivity index (χ4v) is 2.61. The van der Waals surface area contributed by atoms with Crippen LogP contribution in [0, 0.1) is 17.2 Å². The number of carbonyl (C=O) groups is 1. The number of methoxy groups -OCH3 is 1. The predicted octanol–water partition coefficient (Wildman–Crippen LogP) is 2.32. The van der Waals surface area contributed by atoms with Crippen molar-refractivity contribution in [2.24, 2.45) is 13.0 Å². The van der Waals surface area contributed by atoms with Gasteiger partial charge in [0.25, 0.3) is 0 Å². The lowest BCUT2D eigenvalue weighted by Crippen LogP contribution is -2.42. The molecule has 7 heteroatoms. The molecule has 0 radical (unpaired) electrons. The molecule has 0 bridgehead atoms. The summed E-state index contributed by atoms with van der Waals surface area (Å²) in [5, 5.41) is 11.9. The van der Waals surface area contributed by atoms with E-state index in [9.17, 15) is 4.79 Å². The summed E-state index contributed by atoms with van der Waals surface area (Å²) in [6.07, 6.45) is 3.51. The minimum absolute atomic E-state index is 0.242. The Bertz CT molecular complexity index is 765. The lowest BCUT2D eigenvalue weighted by atomic mass is 10.0. The summed E-state index contributed by atoms with van der Waals surface area (Å²) in [5.74, 6) is 1.12. The Morgan fingerprint density at radius 2 is 2.20 bits per heavy atom. The third-order valence-electron chi connectivity index (χ3n) is 3.95. The number of carbonyl (C=O) groups excluding carboxylic acids is 1. The summed E-state index contributed by atoms with van der Waals surface area (Å²) < 4.78 is 7.30. The van der Waals surface area contributed by atoms with Crippen molar-refractivity contribution in [3.05, 3.63) is 48.0 Å². The van der Waals surface area contributed by atoms with Crippen LogP contribution in [0.3, 0.4) is 0 Å². The maximum atomic E-state index is 12.6. The molecule has 1 aromatic heterocycles. The number of nitrogens with zero attached hydrogens (tertiary/aromatic N) is 4. The first-order valence-corrected chi connectivity index (χ1v) is 7.99. The molecule has 2 aromatic rings. The van der Waals surface area contributed by atoms with Crippen LogP contribution in [0.5, 0.6) is 5.75 Å². The highest BCUT2D eigenvalue weighted by Gasteiger charge is 2.25. The van der Waals surface area contributed by atoms with Crippen molar-refractivity contribution in [1.82, 2.24) is 19.8 Å². The van der Waals surface area contributed by atoms with E-state index in [1.165, 1.54) is 4.90 Å². The van der Waals surface area contributed by atoms with Gasteiger partial charge in [-0.3, -0.25) is 0 Å². The fraction of sp³-hybridized carbons (Fsp3) is 0.389. The number of para-hydroxylation sites is 1. The van der Waals surface area contributed by atoms with E-state index < -0.39 is 6.04 Å². The number of hydrogen-bond acceptors (Lipinski definition) is 4. The minimum atomic E-state index is -0.469. The molecule has 0 aliphatic heterocycles. The minimum Gasteiger partial charge on any atom is -0.496 e. The Labute approximate surface area is 147 Å². The van der Waals surface area contributed by atoms with E-state index >= 15 is 0 Å². The van der Waals surface area contributed by atoms with Crippen molar-refractivity contribution >= 4 is 6.03 Å². The second-order valence-electron chi connectivity index (χ2n) is 5.93. The highest BCUT2D eigenvalue weighted by Crippen LogP contribution is 2.29. The van der Waals surface area contributed by atoms with E-state index in [4.69, 9.17) is 10.00 Å². The van der Waals surface area contributed by atoms with Crippen molar-refractivity contribution in [2.75, 3.05) is 20.7 Å². The molecule has 1 N–H and O–H groups in total. The maximum Gasteiger partial charge on any atom is 0.318 e. The van der Waals surface area contributed by atoms with Gasteiger partial charge in [-0.05, 0) is 13.0 Å². The number of hydrogen-bond donors (Lipinski definition) is 1. The first-order chi connectivity index (χ1) is 12.0. The second-order valence-corrected chi connectivity index (χ2v) is 5.93. The van der Waals surface area contributed by atoms with Crippen molar-refractivity contribution in [2.45, 2.75) is 13.0 Å². The number of imidazole rings is 1. The van der Waals surface area contributed by atoms with Gasteiger partial charge in [0.1, 0.15) is 17.6 Å². The van der Waals surface area contributed by atoms with Crippen LogP contribution < -0.4 is 10.1 Å². The van der Waals surface area contributed by atoms with Crippen LogP contribution in [0.4, 0.5) is 4.79 Å². The molecule has 25 heavy (non-hydrogen) atoms. The topological polar surface area (TPSA) is 83.2 Å². The third kappa shape index (κ3) is 4.29. The Balaban J connectivity index is 2.32. The largest absolute Gasteiger partial charge is 0.496 e. The zero-order chi connectivity index (χ0) is 18.4. The van der Waals surface area contributed by atoms with E-state index in [1.54, 1.807) is 27.3 Å². The smallest absolute Gasteiger partial charge is 0.318 e. The number of ether oxygens (including phenoxy) is 1. The van der Waals surface area contributed by atoms with Gasteiger partial charge < -0.3 is 19.5 Å². The summed E-state index contributed by atoms with van der Waals surface area (Å²) in [7, 11) is 5.14. The molecule has 0 unspecified atom stereocenters. The maximum absolute atomic E-state index is 12.6. The summed E-state index contributed by atoms with van der Waals surface area (Å²) in [4.78, 5) is 18.5. The number of urea groups is 1. The quantitative estimate of drug-likeness (QED) is 0.874. The van der Waals surface area contributed by atoms with Crippen molar-refractivity contribution in [3.63, 3.8) is 0 Å². The van der Waals surface area contributed by atoms with Gasteiger partial charge in [-0.2, -0.15) is 5.26 Å². The molecule has 0 saturated carbocycles. The molecular weight excluding hydrogens is 318 g/mol. The summed E-state index contributed by atoms with van der Waals surface area (Å²) >= 11 is 0. The molecule has 2 amide bonds. The average molecular weight is 341 g/mol. The molecule has 0 aliphatic rings. The molecule has 2 rings (SSSR count). The van der Waals surface area contributed by atoms with Gasteiger partial charge in [0.15, 0.2) is 0 Å². The number of rotatable bonds is 6. The van der Waals surface area contributed by atoms with Crippen LogP contribution in [0.25, 0.3) is 0 Å². The van der Waals surface area contributed by atoms with E-state index in [2.05, 4.69) is 16.4 Å². The van der Waals surface area contributed by atoms with Gasteiger partial charge in [-0.1, -0.05) is 18.2 Å². The second kappa shape index (κ2) is 8.20. The molecule has 0 fully saturated rings. The van der Waals surface area contributed by atoms with Crippen molar-refractivity contribution in [1.29, 1.82) is 5.26 Å². The molecule has 0 aliphatic carbocycles. The Morgan fingerprint density at radius 3 is 2.80 bits per heavy atom. The number of aromatic nitrogens is 2. The predicted molar refractivity (Wildman–Crippen MR) is 94.0 cm³/mol. The lowest BCUT2D eigenvalue weighted by molar-refractivity contribution is 0.202. The number of aryl methyl sites for hydroxylation is 1. The van der Waals surface area contributed by atoms with Crippen LogP contribution >= 0.6 is 0 Å². The number of nitriles is 1. The zero-order valence-corrected chi connectivity index (χ0v) is 14.9. The summed E-state index contributed by atoms with van der Waals surface area (Å²) in [6, 6.07) is 8.90. The molecule has 0 saturated heterocycles. The monoisotopic (exact) mass is 341 g/mol. The molecule has 1 heterocycles. The SMILES string of the molecule is COc1ccccc1[C@H](NC(=O)N(C)C[C@H](C)C#N)c1nccn1C. The highest BCUT2D eigenvalue weighted by atomic mass is 16.5. The fourth-order valence-electron chi connectivity index (χ4n) is 2.61. The van der Waals surface area contributed by atoms with Crippen LogP contribution in [-0.4, -0.2) is 41.2 Å². The summed E-state index contributed by atoms with van der Waals surface area (Å²) in [6.45, 7) is 2.13. The standard InChI is InChI=1S/C18H23N5O2/c1-13(11-19)12-23(3)18(24)21-16(17-20-9-10-22(17)2)14-7-5-6-8-15(14)25-4/h5-10,13,16H,12H2,1-4H3,(H,21,24)/t13-,16+/m1/s1. The van der Waals surface area contributed by atoms with Crippen molar-refractivity contribution in [3.8, 4) is 11.8 Å². The third-order valence-corrected chi connectivity index (χ3v) is 3.95. The van der Waals surface area contributed by atoms with Crippen LogP contribution in [0.15, 0.2) is 36.7 Å². The van der Waals surface area contributed by atoms with E-state index in [0.717, 1.165) is 5.56 Å². The van der Waals surface area contributed by atoms with Crippen LogP contribution in [0.1, 0.15) is 24.4 Å². The zero-order valence-electron chi connectivity index (χ0n) is 14.9. The van der Waals surface area contributed by atoms with Gasteiger partial charge in [0, 0.05) is 38.6 Å². The van der Waals surface area contributed by atoms with Gasteiger partial charge in [-0.25, -0.2) is 9.78 Å². The molecule has 1 aromatic carbocycles. The first kappa shape index (κ1) is 18.3. The number of benzene rings is 1. The molecule has 0 spiro atoms. The summed E-state index contributed by atoms with van der Waals surface area (Å²) in [5.41, 5.74) is 0.814. The Kier molecular flexibility index (Phi) is 6.01. The Morgan fingerprint density at radius 1 is 1.48 bits per heavy atom. The van der Waals surface area contributed by atoms with Crippen LogP contribution in [0.2, 0.25) is 0 Å². The van der Waals surface area contributed by atoms with Crippen molar-refractivity contribution < 1.29 is 9.53 Å². The van der Waals surface area contributed by atoms with Gasteiger partial charge in [-0.15, -0.1) is 0 Å². The van der Waals surface area contributed by atoms with Gasteiger partial charge in [0.2, 0.25) is 0 Å². The van der Waals surface area contributed by atoms with E-state index in [1.807, 2.05) is 42.1 Å². The molecule has 132 valence electrons. The van der Waals surface area contributed by atoms with Gasteiger partial charge in [0.05, 0.1) is 19.1 Å².